The first-order valence-corrected chi connectivity index (χ1v) is 8.50. The normalized spacial score (nSPS) is 18.8. The number of rotatable bonds is 3. The Morgan fingerprint density at radius 1 is 1.24 bits per heavy atom. The zero-order valence-corrected chi connectivity index (χ0v) is 14.4. The Hall–Kier alpha value is -2.54. The highest BCUT2D eigenvalue weighted by Gasteiger charge is 2.26. The first kappa shape index (κ1) is 16.0. The van der Waals surface area contributed by atoms with Gasteiger partial charge in [-0.15, -0.1) is 0 Å². The predicted molar refractivity (Wildman–Crippen MR) is 94.0 cm³/mol. The van der Waals surface area contributed by atoms with Crippen molar-refractivity contribution in [1.82, 2.24) is 24.5 Å². The molecule has 0 aromatic carbocycles. The van der Waals surface area contributed by atoms with E-state index >= 15 is 0 Å². The van der Waals surface area contributed by atoms with Gasteiger partial charge in [-0.1, -0.05) is 0 Å². The summed E-state index contributed by atoms with van der Waals surface area (Å²) in [6.45, 7) is 7.39. The number of piperazine rings is 1. The van der Waals surface area contributed by atoms with Crippen LogP contribution in [0.25, 0.3) is 5.65 Å². The van der Waals surface area contributed by atoms with Crippen LogP contribution in [0.3, 0.4) is 0 Å². The molecule has 0 spiro atoms. The third-order valence-corrected chi connectivity index (χ3v) is 4.79. The molecule has 1 fully saturated rings. The summed E-state index contributed by atoms with van der Waals surface area (Å²) in [6, 6.07) is 6.06. The third-order valence-electron chi connectivity index (χ3n) is 4.79. The Balaban J connectivity index is 1.53. The van der Waals surface area contributed by atoms with E-state index in [4.69, 9.17) is 0 Å². The van der Waals surface area contributed by atoms with Crippen LogP contribution in [-0.2, 0) is 6.54 Å². The minimum absolute atomic E-state index is 0.236. The van der Waals surface area contributed by atoms with Crippen molar-refractivity contribution in [3.63, 3.8) is 0 Å². The number of anilines is 1. The number of pyridine rings is 1. The Kier molecular flexibility index (Phi) is 4.09. The summed E-state index contributed by atoms with van der Waals surface area (Å²) in [7, 11) is 0. The molecule has 0 saturated carbocycles. The number of fused-ring (bicyclic) bond motifs is 1. The van der Waals surface area contributed by atoms with Crippen LogP contribution >= 0.6 is 0 Å². The predicted octanol–water partition coefficient (Wildman–Crippen LogP) is 2.28. The summed E-state index contributed by atoms with van der Waals surface area (Å²) >= 11 is 0. The van der Waals surface area contributed by atoms with Gasteiger partial charge in [0.25, 0.3) is 0 Å². The zero-order chi connectivity index (χ0) is 17.4. The molecule has 7 heteroatoms. The fourth-order valence-corrected chi connectivity index (χ4v) is 3.43. The van der Waals surface area contributed by atoms with Crippen molar-refractivity contribution in [2.75, 3.05) is 24.5 Å². The maximum Gasteiger partial charge on any atom is 0.157 e. The van der Waals surface area contributed by atoms with E-state index < -0.39 is 0 Å². The largest absolute Gasteiger partial charge is 0.354 e. The summed E-state index contributed by atoms with van der Waals surface area (Å²) in [5.74, 6) is 0.828. The topological polar surface area (TPSA) is 49.6 Å². The average Bonchev–Trinajstić information content (AvgIpc) is 3.06. The fourth-order valence-electron chi connectivity index (χ4n) is 3.43. The molecule has 1 saturated heterocycles. The third kappa shape index (κ3) is 3.07. The highest BCUT2D eigenvalue weighted by molar-refractivity contribution is 5.51. The lowest BCUT2D eigenvalue weighted by Gasteiger charge is -2.40. The van der Waals surface area contributed by atoms with Crippen molar-refractivity contribution in [2.45, 2.75) is 26.4 Å². The van der Waals surface area contributed by atoms with E-state index in [9.17, 15) is 4.39 Å². The molecular weight excluding hydrogens is 319 g/mol. The van der Waals surface area contributed by atoms with Crippen molar-refractivity contribution >= 4 is 11.5 Å². The summed E-state index contributed by atoms with van der Waals surface area (Å²) in [4.78, 5) is 13.0. The van der Waals surface area contributed by atoms with Gasteiger partial charge < -0.3 is 4.90 Å². The Bertz CT molecular complexity index is 892. The smallest absolute Gasteiger partial charge is 0.157 e. The number of hydrogen-bond donors (Lipinski definition) is 0. The van der Waals surface area contributed by atoms with Crippen molar-refractivity contribution < 1.29 is 4.39 Å². The summed E-state index contributed by atoms with van der Waals surface area (Å²) in [5.41, 5.74) is 2.55. The van der Waals surface area contributed by atoms with Crippen molar-refractivity contribution in [3.05, 3.63) is 53.9 Å². The molecular formula is C18H21FN6. The molecule has 3 aromatic rings. The van der Waals surface area contributed by atoms with Crippen LogP contribution in [0.1, 0.15) is 18.2 Å². The van der Waals surface area contributed by atoms with E-state index in [1.54, 1.807) is 18.5 Å². The maximum atomic E-state index is 13.9. The summed E-state index contributed by atoms with van der Waals surface area (Å²) in [5, 5.41) is 4.40. The van der Waals surface area contributed by atoms with Gasteiger partial charge in [0, 0.05) is 61.8 Å². The zero-order valence-electron chi connectivity index (χ0n) is 14.4. The van der Waals surface area contributed by atoms with Crippen LogP contribution < -0.4 is 4.90 Å². The molecule has 4 heterocycles. The average molecular weight is 340 g/mol. The molecule has 0 radical (unpaired) electrons. The Labute approximate surface area is 145 Å². The molecule has 0 N–H and O–H groups in total. The van der Waals surface area contributed by atoms with Gasteiger partial charge in [-0.25, -0.2) is 9.37 Å². The lowest BCUT2D eigenvalue weighted by atomic mass is 10.1. The molecule has 25 heavy (non-hydrogen) atoms. The number of hydrogen-bond acceptors (Lipinski definition) is 5. The van der Waals surface area contributed by atoms with Gasteiger partial charge in [0.2, 0.25) is 0 Å². The van der Waals surface area contributed by atoms with E-state index in [2.05, 4.69) is 37.9 Å². The number of aryl methyl sites for hydroxylation is 1. The van der Waals surface area contributed by atoms with E-state index in [1.165, 1.54) is 6.20 Å². The van der Waals surface area contributed by atoms with Crippen LogP contribution in [0.2, 0.25) is 0 Å². The molecule has 1 aliphatic rings. The molecule has 1 aliphatic heterocycles. The van der Waals surface area contributed by atoms with Crippen molar-refractivity contribution in [1.29, 1.82) is 0 Å². The van der Waals surface area contributed by atoms with Crippen molar-refractivity contribution in [3.8, 4) is 0 Å². The second-order valence-electron chi connectivity index (χ2n) is 6.59. The molecule has 4 rings (SSSR count). The van der Waals surface area contributed by atoms with Gasteiger partial charge in [0.05, 0.1) is 12.4 Å². The molecule has 0 bridgehead atoms. The van der Waals surface area contributed by atoms with Gasteiger partial charge in [-0.05, 0) is 19.9 Å². The fraction of sp³-hybridized carbons (Fsp3) is 0.389. The quantitative estimate of drug-likeness (QED) is 0.732. The first-order valence-electron chi connectivity index (χ1n) is 8.50. The molecule has 130 valence electrons. The van der Waals surface area contributed by atoms with Crippen LogP contribution in [0.15, 0.2) is 36.8 Å². The van der Waals surface area contributed by atoms with Gasteiger partial charge in [-0.3, -0.25) is 9.88 Å². The van der Waals surface area contributed by atoms with E-state index in [1.807, 2.05) is 17.5 Å². The minimum atomic E-state index is -0.236. The molecule has 6 nitrogen and oxygen atoms in total. The second-order valence-corrected chi connectivity index (χ2v) is 6.59. The second kappa shape index (κ2) is 6.40. The highest BCUT2D eigenvalue weighted by Crippen LogP contribution is 2.22. The van der Waals surface area contributed by atoms with Gasteiger partial charge in [-0.2, -0.15) is 9.61 Å². The van der Waals surface area contributed by atoms with Crippen LogP contribution in [0, 0.1) is 12.7 Å². The van der Waals surface area contributed by atoms with Crippen LogP contribution in [-0.4, -0.2) is 50.2 Å². The Morgan fingerprint density at radius 3 is 2.92 bits per heavy atom. The first-order chi connectivity index (χ1) is 12.1. The minimum Gasteiger partial charge on any atom is -0.354 e. The SMILES string of the molecule is Cc1cc(N2CCN(Cc3ccncc3F)C(C)C2)n2nccc2n1. The molecule has 1 unspecified atom stereocenters. The standard InChI is InChI=1S/C18H21FN6/c1-13-9-18(25-17(22-13)4-6-21-25)24-8-7-23(14(2)11-24)12-15-3-5-20-10-16(15)19/h3-6,9-10,14H,7-8,11-12H2,1-2H3. The molecule has 0 aliphatic carbocycles. The Morgan fingerprint density at radius 2 is 2.12 bits per heavy atom. The lowest BCUT2D eigenvalue weighted by Crippen LogP contribution is -2.52. The highest BCUT2D eigenvalue weighted by atomic mass is 19.1. The summed E-state index contributed by atoms with van der Waals surface area (Å²) < 4.78 is 15.8. The number of halogens is 1. The van der Waals surface area contributed by atoms with E-state index in [-0.39, 0.29) is 5.82 Å². The van der Waals surface area contributed by atoms with Crippen LogP contribution in [0.4, 0.5) is 10.2 Å². The lowest BCUT2D eigenvalue weighted by molar-refractivity contribution is 0.178. The van der Waals surface area contributed by atoms with Crippen molar-refractivity contribution in [2.24, 2.45) is 0 Å². The monoisotopic (exact) mass is 340 g/mol. The van der Waals surface area contributed by atoms with Crippen LogP contribution in [0.5, 0.6) is 0 Å². The molecule has 0 amide bonds. The number of aromatic nitrogens is 4. The molecule has 1 atom stereocenters. The molecule has 3 aromatic heterocycles. The van der Waals surface area contributed by atoms with Gasteiger partial charge >= 0.3 is 0 Å². The van der Waals surface area contributed by atoms with E-state index in [0.717, 1.165) is 36.8 Å². The van der Waals surface area contributed by atoms with E-state index in [0.29, 0.717) is 18.2 Å². The summed E-state index contributed by atoms with van der Waals surface area (Å²) in [6.07, 6.45) is 4.70. The number of nitrogens with zero attached hydrogens (tertiary/aromatic N) is 6. The maximum absolute atomic E-state index is 13.9. The van der Waals surface area contributed by atoms with Gasteiger partial charge in [0.1, 0.15) is 11.6 Å². The van der Waals surface area contributed by atoms with Gasteiger partial charge in [0.15, 0.2) is 5.65 Å².